The molecule has 0 aliphatic carbocycles. The largest absolute Gasteiger partial charge is 0.343 e. The molecule has 0 unspecified atom stereocenters. The Morgan fingerprint density at radius 3 is 2.03 bits per heavy atom. The normalized spacial score (nSPS) is 11.1. The summed E-state index contributed by atoms with van der Waals surface area (Å²) in [5.74, 6) is -0.0597. The molecule has 158 valence electrons. The van der Waals surface area contributed by atoms with Crippen molar-refractivity contribution in [2.45, 2.75) is 26.1 Å². The number of hydrogen-bond acceptors (Lipinski definition) is 4. The Balaban J connectivity index is 1.35. The Bertz CT molecular complexity index is 1140. The molecular formula is C25H25N3O2S. The summed E-state index contributed by atoms with van der Waals surface area (Å²) in [5, 5.41) is 3.74. The van der Waals surface area contributed by atoms with Crippen molar-refractivity contribution in [3.63, 3.8) is 0 Å². The summed E-state index contributed by atoms with van der Waals surface area (Å²) < 4.78 is 2.61. The summed E-state index contributed by atoms with van der Waals surface area (Å²) in [6.45, 7) is 2.32. The van der Waals surface area contributed by atoms with Crippen LogP contribution in [0.5, 0.6) is 0 Å². The molecule has 4 aromatic rings. The minimum Gasteiger partial charge on any atom is -0.343 e. The van der Waals surface area contributed by atoms with Crippen LogP contribution in [0.1, 0.15) is 17.5 Å². The zero-order valence-electron chi connectivity index (χ0n) is 17.2. The lowest BCUT2D eigenvalue weighted by molar-refractivity contribution is -0.122. The molecule has 4 rings (SSSR count). The van der Waals surface area contributed by atoms with Crippen LogP contribution < -0.4 is 10.9 Å². The fourth-order valence-electron chi connectivity index (χ4n) is 3.51. The van der Waals surface area contributed by atoms with Crippen molar-refractivity contribution < 1.29 is 4.79 Å². The molecular weight excluding hydrogens is 406 g/mol. The number of nitrogens with one attached hydrogen (secondary N) is 1. The summed E-state index contributed by atoms with van der Waals surface area (Å²) in [4.78, 5) is 27.2. The van der Waals surface area contributed by atoms with Crippen LogP contribution in [0, 0.1) is 0 Å². The van der Waals surface area contributed by atoms with Crippen LogP contribution in [0.15, 0.2) is 89.7 Å². The van der Waals surface area contributed by atoms with E-state index in [1.54, 1.807) is 3.96 Å². The summed E-state index contributed by atoms with van der Waals surface area (Å²) in [5.41, 5.74) is 2.37. The molecule has 0 fully saturated rings. The van der Waals surface area contributed by atoms with Crippen molar-refractivity contribution in [3.05, 3.63) is 106 Å². The number of carbonyl (C=O) groups excluding carboxylic acids is 1. The molecule has 0 atom stereocenters. The first-order chi connectivity index (χ1) is 15.2. The number of hydrogen-bond donors (Lipinski definition) is 1. The minimum absolute atomic E-state index is 0.0248. The standard InChI is InChI=1S/C25H25N3O2S/c29-24(15-16-28-25(30)22-13-7-8-14-23(22)31-28)26-19-27(17-20-9-3-1-4-10-20)18-21-11-5-2-6-12-21/h1-14H,15-19H2,(H,26,29). The highest BCUT2D eigenvalue weighted by Crippen LogP contribution is 2.16. The Labute approximate surface area is 185 Å². The lowest BCUT2D eigenvalue weighted by Gasteiger charge is -2.23. The molecule has 1 aromatic heterocycles. The average molecular weight is 432 g/mol. The lowest BCUT2D eigenvalue weighted by Crippen LogP contribution is -2.37. The van der Waals surface area contributed by atoms with Gasteiger partial charge in [-0.1, -0.05) is 84.3 Å². The monoisotopic (exact) mass is 431 g/mol. The van der Waals surface area contributed by atoms with Crippen molar-refractivity contribution in [2.75, 3.05) is 6.67 Å². The van der Waals surface area contributed by atoms with Gasteiger partial charge >= 0.3 is 0 Å². The maximum absolute atomic E-state index is 12.5. The first kappa shape index (κ1) is 21.0. The van der Waals surface area contributed by atoms with Gasteiger partial charge in [-0.3, -0.25) is 18.4 Å². The Kier molecular flexibility index (Phi) is 6.92. The number of aromatic nitrogens is 1. The molecule has 31 heavy (non-hydrogen) atoms. The molecule has 0 radical (unpaired) electrons. The molecule has 3 aromatic carbocycles. The summed E-state index contributed by atoms with van der Waals surface area (Å²) in [6, 6.07) is 28.0. The molecule has 0 spiro atoms. The summed E-state index contributed by atoms with van der Waals surface area (Å²) in [6.07, 6.45) is 0.275. The van der Waals surface area contributed by atoms with Crippen molar-refractivity contribution >= 4 is 27.5 Å². The molecule has 0 aliphatic heterocycles. The van der Waals surface area contributed by atoms with Crippen LogP contribution in [-0.4, -0.2) is 21.4 Å². The van der Waals surface area contributed by atoms with Gasteiger partial charge in [0.15, 0.2) is 0 Å². The molecule has 1 heterocycles. The third-order valence-corrected chi connectivity index (χ3v) is 6.21. The molecule has 0 aliphatic rings. The van der Waals surface area contributed by atoms with Gasteiger partial charge in [-0.2, -0.15) is 0 Å². The highest BCUT2D eigenvalue weighted by Gasteiger charge is 2.11. The number of carbonyl (C=O) groups is 1. The van der Waals surface area contributed by atoms with E-state index in [9.17, 15) is 9.59 Å². The van der Waals surface area contributed by atoms with Crippen molar-refractivity contribution in [1.82, 2.24) is 14.2 Å². The van der Waals surface area contributed by atoms with E-state index in [1.165, 1.54) is 22.7 Å². The first-order valence-corrected chi connectivity index (χ1v) is 11.1. The average Bonchev–Trinajstić information content (AvgIpc) is 3.13. The molecule has 1 N–H and O–H groups in total. The second-order valence-electron chi connectivity index (χ2n) is 7.46. The van der Waals surface area contributed by atoms with Gasteiger partial charge in [-0.15, -0.1) is 0 Å². The number of nitrogens with zero attached hydrogens (tertiary/aromatic N) is 2. The smallest absolute Gasteiger partial charge is 0.268 e. The van der Waals surface area contributed by atoms with E-state index in [1.807, 2.05) is 60.7 Å². The number of fused-ring (bicyclic) bond motifs is 1. The topological polar surface area (TPSA) is 54.3 Å². The fourth-order valence-corrected chi connectivity index (χ4v) is 4.50. The van der Waals surface area contributed by atoms with Gasteiger partial charge in [0.05, 0.1) is 16.8 Å². The van der Waals surface area contributed by atoms with Crippen LogP contribution in [0.25, 0.3) is 10.1 Å². The predicted molar refractivity (Wildman–Crippen MR) is 126 cm³/mol. The quantitative estimate of drug-likeness (QED) is 0.404. The third kappa shape index (κ3) is 5.69. The van der Waals surface area contributed by atoms with Gasteiger partial charge in [-0.05, 0) is 23.3 Å². The lowest BCUT2D eigenvalue weighted by atomic mass is 10.2. The van der Waals surface area contributed by atoms with E-state index in [4.69, 9.17) is 0 Å². The zero-order valence-corrected chi connectivity index (χ0v) is 18.1. The Morgan fingerprint density at radius 2 is 1.42 bits per heavy atom. The number of benzene rings is 3. The van der Waals surface area contributed by atoms with E-state index in [2.05, 4.69) is 34.5 Å². The highest BCUT2D eigenvalue weighted by atomic mass is 32.1. The summed E-state index contributed by atoms with van der Waals surface area (Å²) in [7, 11) is 0. The molecule has 1 amide bonds. The summed E-state index contributed by atoms with van der Waals surface area (Å²) >= 11 is 1.41. The van der Waals surface area contributed by atoms with Gasteiger partial charge in [0.1, 0.15) is 0 Å². The Morgan fingerprint density at radius 1 is 0.839 bits per heavy atom. The zero-order chi connectivity index (χ0) is 21.5. The molecule has 6 heteroatoms. The predicted octanol–water partition coefficient (Wildman–Crippen LogP) is 4.23. The van der Waals surface area contributed by atoms with Gasteiger partial charge in [0.2, 0.25) is 5.91 Å². The Hall–Kier alpha value is -3.22. The van der Waals surface area contributed by atoms with Gasteiger partial charge in [0, 0.05) is 26.1 Å². The minimum atomic E-state index is -0.0597. The van der Waals surface area contributed by atoms with Crippen LogP contribution in [0.3, 0.4) is 0 Å². The second-order valence-corrected chi connectivity index (χ2v) is 8.52. The fraction of sp³-hybridized carbons (Fsp3) is 0.200. The van der Waals surface area contributed by atoms with Gasteiger partial charge < -0.3 is 5.32 Å². The SMILES string of the molecule is O=C(CCn1sc2ccccc2c1=O)NCN(Cc1ccccc1)Cc1ccccc1. The van der Waals surface area contributed by atoms with Crippen molar-refractivity contribution in [3.8, 4) is 0 Å². The van der Waals surface area contributed by atoms with Crippen LogP contribution in [0.2, 0.25) is 0 Å². The molecule has 0 saturated heterocycles. The van der Waals surface area contributed by atoms with Crippen LogP contribution in [-0.2, 0) is 24.4 Å². The van der Waals surface area contributed by atoms with Crippen molar-refractivity contribution in [1.29, 1.82) is 0 Å². The van der Waals surface area contributed by atoms with E-state index in [0.717, 1.165) is 17.8 Å². The van der Waals surface area contributed by atoms with Crippen molar-refractivity contribution in [2.24, 2.45) is 0 Å². The van der Waals surface area contributed by atoms with Gasteiger partial charge in [0.25, 0.3) is 5.56 Å². The maximum Gasteiger partial charge on any atom is 0.268 e. The van der Waals surface area contributed by atoms with E-state index >= 15 is 0 Å². The maximum atomic E-state index is 12.5. The molecule has 0 bridgehead atoms. The van der Waals surface area contributed by atoms with Gasteiger partial charge in [-0.25, -0.2) is 0 Å². The van der Waals surface area contributed by atoms with Crippen LogP contribution in [0.4, 0.5) is 0 Å². The number of aryl methyl sites for hydroxylation is 1. The van der Waals surface area contributed by atoms with E-state index < -0.39 is 0 Å². The molecule has 5 nitrogen and oxygen atoms in total. The second kappa shape index (κ2) is 10.2. The first-order valence-electron chi connectivity index (χ1n) is 10.3. The van der Waals surface area contributed by atoms with E-state index in [0.29, 0.717) is 18.6 Å². The third-order valence-electron chi connectivity index (χ3n) is 5.09. The highest BCUT2D eigenvalue weighted by molar-refractivity contribution is 7.13. The molecule has 0 saturated carbocycles. The number of rotatable bonds is 9. The van der Waals surface area contributed by atoms with E-state index in [-0.39, 0.29) is 17.9 Å². The van der Waals surface area contributed by atoms with Crippen LogP contribution >= 0.6 is 11.5 Å². The number of amides is 1.